The van der Waals surface area contributed by atoms with Crippen LogP contribution in [-0.2, 0) is 4.79 Å². The van der Waals surface area contributed by atoms with Crippen LogP contribution in [0.3, 0.4) is 0 Å². The molecule has 0 aromatic heterocycles. The number of rotatable bonds is 4. The number of nitrogens with one attached hydrogen (secondary N) is 1. The lowest BCUT2D eigenvalue weighted by Crippen LogP contribution is -2.19. The molecule has 0 unspecified atom stereocenters. The summed E-state index contributed by atoms with van der Waals surface area (Å²) in [7, 11) is 0. The Kier molecular flexibility index (Phi) is 4.40. The highest BCUT2D eigenvalue weighted by Crippen LogP contribution is 2.30. The molecule has 2 aromatic carbocycles. The molecule has 0 saturated heterocycles. The predicted octanol–water partition coefficient (Wildman–Crippen LogP) is 3.65. The van der Waals surface area contributed by atoms with Crippen LogP contribution in [0.2, 0.25) is 5.02 Å². The molecule has 1 amide bonds. The summed E-state index contributed by atoms with van der Waals surface area (Å²) in [5.41, 5.74) is 2.15. The third-order valence-electron chi connectivity index (χ3n) is 2.63. The molecular formula is C15H12ClNO3. The van der Waals surface area contributed by atoms with Crippen molar-refractivity contribution in [2.75, 3.05) is 0 Å². The summed E-state index contributed by atoms with van der Waals surface area (Å²) in [6.07, 6.45) is 0. The van der Waals surface area contributed by atoms with E-state index in [1.54, 1.807) is 54.0 Å². The van der Waals surface area contributed by atoms with Crippen molar-refractivity contribution in [3.8, 4) is 11.5 Å². The lowest BCUT2D eigenvalue weighted by molar-refractivity contribution is -0.123. The zero-order valence-corrected chi connectivity index (χ0v) is 11.2. The SMILES string of the molecule is C=C(C(=O)NO)c1ccccc1Oc1ccc(Cl)cc1. The van der Waals surface area contributed by atoms with Crippen molar-refractivity contribution >= 4 is 23.1 Å². The number of carbonyl (C=O) groups is 1. The van der Waals surface area contributed by atoms with E-state index in [0.29, 0.717) is 22.1 Å². The van der Waals surface area contributed by atoms with Crippen molar-refractivity contribution in [1.82, 2.24) is 5.48 Å². The van der Waals surface area contributed by atoms with E-state index in [1.807, 2.05) is 0 Å². The highest BCUT2D eigenvalue weighted by atomic mass is 35.5. The van der Waals surface area contributed by atoms with Crippen LogP contribution in [0.4, 0.5) is 0 Å². The van der Waals surface area contributed by atoms with Crippen molar-refractivity contribution in [2.24, 2.45) is 0 Å². The Balaban J connectivity index is 2.30. The van der Waals surface area contributed by atoms with Gasteiger partial charge in [0.15, 0.2) is 0 Å². The number of para-hydroxylation sites is 1. The minimum atomic E-state index is -0.683. The van der Waals surface area contributed by atoms with Gasteiger partial charge in [0.2, 0.25) is 0 Å². The van der Waals surface area contributed by atoms with Crippen molar-refractivity contribution in [2.45, 2.75) is 0 Å². The van der Waals surface area contributed by atoms with E-state index in [1.165, 1.54) is 0 Å². The van der Waals surface area contributed by atoms with Crippen LogP contribution in [0.25, 0.3) is 5.57 Å². The maximum absolute atomic E-state index is 11.4. The van der Waals surface area contributed by atoms with Gasteiger partial charge in [0.05, 0.1) is 0 Å². The van der Waals surface area contributed by atoms with Crippen LogP contribution >= 0.6 is 11.6 Å². The standard InChI is InChI=1S/C15H12ClNO3/c1-10(15(18)17-19)13-4-2-3-5-14(13)20-12-8-6-11(16)7-9-12/h2-9,19H,1H2,(H,17,18). The fourth-order valence-electron chi connectivity index (χ4n) is 1.62. The molecule has 5 heteroatoms. The quantitative estimate of drug-likeness (QED) is 0.513. The maximum atomic E-state index is 11.4. The molecule has 0 saturated carbocycles. The van der Waals surface area contributed by atoms with Gasteiger partial charge in [0.1, 0.15) is 11.5 Å². The average Bonchev–Trinajstić information content (AvgIpc) is 2.48. The smallest absolute Gasteiger partial charge is 0.274 e. The Morgan fingerprint density at radius 3 is 2.45 bits per heavy atom. The first-order valence-corrected chi connectivity index (χ1v) is 6.16. The molecule has 0 aliphatic carbocycles. The summed E-state index contributed by atoms with van der Waals surface area (Å²) < 4.78 is 5.70. The van der Waals surface area contributed by atoms with Crippen LogP contribution in [0.5, 0.6) is 11.5 Å². The molecule has 102 valence electrons. The van der Waals surface area contributed by atoms with E-state index in [9.17, 15) is 4.79 Å². The van der Waals surface area contributed by atoms with Gasteiger partial charge in [-0.3, -0.25) is 10.0 Å². The van der Waals surface area contributed by atoms with Crippen LogP contribution in [0.1, 0.15) is 5.56 Å². The van der Waals surface area contributed by atoms with Gasteiger partial charge in [-0.25, -0.2) is 5.48 Å². The number of hydrogen-bond donors (Lipinski definition) is 2. The molecule has 0 aliphatic rings. The summed E-state index contributed by atoms with van der Waals surface area (Å²) in [5, 5.41) is 9.27. The van der Waals surface area contributed by atoms with Gasteiger partial charge in [0.25, 0.3) is 5.91 Å². The number of carbonyl (C=O) groups excluding carboxylic acids is 1. The van der Waals surface area contributed by atoms with Crippen molar-refractivity contribution < 1.29 is 14.7 Å². The summed E-state index contributed by atoms with van der Waals surface area (Å²) in [6, 6.07) is 13.8. The predicted molar refractivity (Wildman–Crippen MR) is 76.9 cm³/mol. The third-order valence-corrected chi connectivity index (χ3v) is 2.88. The van der Waals surface area contributed by atoms with Crippen LogP contribution < -0.4 is 10.2 Å². The van der Waals surface area contributed by atoms with E-state index in [0.717, 1.165) is 0 Å². The number of amides is 1. The molecule has 0 spiro atoms. The average molecular weight is 290 g/mol. The monoisotopic (exact) mass is 289 g/mol. The molecule has 0 heterocycles. The summed E-state index contributed by atoms with van der Waals surface area (Å²) in [4.78, 5) is 11.4. The van der Waals surface area contributed by atoms with E-state index >= 15 is 0 Å². The number of hydrogen-bond acceptors (Lipinski definition) is 3. The largest absolute Gasteiger partial charge is 0.457 e. The van der Waals surface area contributed by atoms with Crippen LogP contribution in [0.15, 0.2) is 55.1 Å². The summed E-state index contributed by atoms with van der Waals surface area (Å²) in [5.74, 6) is 0.361. The first-order valence-electron chi connectivity index (χ1n) is 5.78. The van der Waals surface area contributed by atoms with E-state index in [-0.39, 0.29) is 5.57 Å². The molecule has 2 rings (SSSR count). The molecule has 2 aromatic rings. The molecule has 2 N–H and O–H groups in total. The van der Waals surface area contributed by atoms with Crippen molar-refractivity contribution in [1.29, 1.82) is 0 Å². The van der Waals surface area contributed by atoms with E-state index in [4.69, 9.17) is 21.5 Å². The van der Waals surface area contributed by atoms with E-state index < -0.39 is 5.91 Å². The van der Waals surface area contributed by atoms with Gasteiger partial charge < -0.3 is 4.74 Å². The zero-order chi connectivity index (χ0) is 14.5. The molecule has 20 heavy (non-hydrogen) atoms. The van der Waals surface area contributed by atoms with Gasteiger partial charge in [-0.05, 0) is 30.3 Å². The van der Waals surface area contributed by atoms with Gasteiger partial charge in [0, 0.05) is 16.2 Å². The van der Waals surface area contributed by atoms with E-state index in [2.05, 4.69) is 6.58 Å². The number of hydroxylamine groups is 1. The fourth-order valence-corrected chi connectivity index (χ4v) is 1.75. The topological polar surface area (TPSA) is 58.6 Å². The highest BCUT2D eigenvalue weighted by Gasteiger charge is 2.13. The Morgan fingerprint density at radius 1 is 1.15 bits per heavy atom. The van der Waals surface area contributed by atoms with Gasteiger partial charge >= 0.3 is 0 Å². The number of benzene rings is 2. The first kappa shape index (κ1) is 14.1. The highest BCUT2D eigenvalue weighted by molar-refractivity contribution is 6.30. The van der Waals surface area contributed by atoms with Gasteiger partial charge in [-0.15, -0.1) is 0 Å². The molecular weight excluding hydrogens is 278 g/mol. The fraction of sp³-hybridized carbons (Fsp3) is 0. The molecule has 0 atom stereocenters. The molecule has 0 radical (unpaired) electrons. The van der Waals surface area contributed by atoms with Crippen LogP contribution in [0, 0.1) is 0 Å². The Labute approximate surface area is 121 Å². The molecule has 4 nitrogen and oxygen atoms in total. The minimum Gasteiger partial charge on any atom is -0.457 e. The lowest BCUT2D eigenvalue weighted by Gasteiger charge is -2.12. The van der Waals surface area contributed by atoms with Gasteiger partial charge in [-0.2, -0.15) is 0 Å². The molecule has 0 fully saturated rings. The third kappa shape index (κ3) is 3.17. The minimum absolute atomic E-state index is 0.108. The zero-order valence-electron chi connectivity index (χ0n) is 10.5. The molecule has 0 bridgehead atoms. The van der Waals surface area contributed by atoms with Crippen LogP contribution in [-0.4, -0.2) is 11.1 Å². The Morgan fingerprint density at radius 2 is 1.80 bits per heavy atom. The second kappa shape index (κ2) is 6.23. The second-order valence-electron chi connectivity index (χ2n) is 3.97. The Bertz CT molecular complexity index is 638. The molecule has 0 aliphatic heterocycles. The second-order valence-corrected chi connectivity index (χ2v) is 4.41. The summed E-state index contributed by atoms with van der Waals surface area (Å²) in [6.45, 7) is 3.64. The normalized spacial score (nSPS) is 9.90. The Hall–Kier alpha value is -2.30. The van der Waals surface area contributed by atoms with Crippen molar-refractivity contribution in [3.05, 3.63) is 65.7 Å². The number of ether oxygens (including phenoxy) is 1. The lowest BCUT2D eigenvalue weighted by atomic mass is 10.1. The first-order chi connectivity index (χ1) is 9.61. The summed E-state index contributed by atoms with van der Waals surface area (Å²) >= 11 is 5.81. The number of halogens is 1. The van der Waals surface area contributed by atoms with Gasteiger partial charge in [-0.1, -0.05) is 36.4 Å². The van der Waals surface area contributed by atoms with Crippen molar-refractivity contribution in [3.63, 3.8) is 0 Å². The maximum Gasteiger partial charge on any atom is 0.274 e.